The first kappa shape index (κ1) is 12.5. The Morgan fingerprint density at radius 3 is 2.75 bits per heavy atom. The summed E-state index contributed by atoms with van der Waals surface area (Å²) in [6, 6.07) is 10.0. The average Bonchev–Trinajstić information content (AvgIpc) is 3.02. The Kier molecular flexibility index (Phi) is 3.04. The highest BCUT2D eigenvalue weighted by molar-refractivity contribution is 6.33. The number of carbonyl (C=O) groups excluding carboxylic acids is 2. The highest BCUT2D eigenvalue weighted by Crippen LogP contribution is 2.23. The Balaban J connectivity index is 1.95. The van der Waals surface area contributed by atoms with Crippen molar-refractivity contribution in [1.29, 1.82) is 0 Å². The number of rotatable bonds is 2. The second-order valence-electron chi connectivity index (χ2n) is 4.13. The van der Waals surface area contributed by atoms with Crippen molar-refractivity contribution < 1.29 is 14.0 Å². The van der Waals surface area contributed by atoms with Crippen LogP contribution in [-0.4, -0.2) is 11.8 Å². The highest BCUT2D eigenvalue weighted by Gasteiger charge is 2.34. The normalized spacial score (nSPS) is 16.9. The van der Waals surface area contributed by atoms with Gasteiger partial charge >= 0.3 is 0 Å². The van der Waals surface area contributed by atoms with Crippen molar-refractivity contribution in [2.75, 3.05) is 5.01 Å². The molecule has 0 spiro atoms. The van der Waals surface area contributed by atoms with Gasteiger partial charge in [-0.1, -0.05) is 17.7 Å². The molecule has 5 nitrogen and oxygen atoms in total. The summed E-state index contributed by atoms with van der Waals surface area (Å²) in [6.07, 6.45) is 2.88. The van der Waals surface area contributed by atoms with Crippen LogP contribution < -0.4 is 10.4 Å². The molecule has 1 N–H and O–H groups in total. The van der Waals surface area contributed by atoms with E-state index in [0.717, 1.165) is 5.01 Å². The summed E-state index contributed by atoms with van der Waals surface area (Å²) < 4.78 is 5.10. The quantitative estimate of drug-likeness (QED) is 0.682. The van der Waals surface area contributed by atoms with Gasteiger partial charge in [-0.15, -0.1) is 0 Å². The van der Waals surface area contributed by atoms with Gasteiger partial charge in [0, 0.05) is 5.02 Å². The summed E-state index contributed by atoms with van der Waals surface area (Å²) in [5.74, 6) is -0.489. The Hall–Kier alpha value is -2.53. The Labute approximate surface area is 119 Å². The van der Waals surface area contributed by atoms with E-state index in [0.29, 0.717) is 16.5 Å². The van der Waals surface area contributed by atoms with Crippen LogP contribution in [0.15, 0.2) is 52.7 Å². The van der Waals surface area contributed by atoms with Crippen molar-refractivity contribution in [3.63, 3.8) is 0 Å². The lowest BCUT2D eigenvalue weighted by Gasteiger charge is -2.14. The first-order valence-electron chi connectivity index (χ1n) is 5.81. The van der Waals surface area contributed by atoms with Gasteiger partial charge in [0.05, 0.1) is 12.0 Å². The van der Waals surface area contributed by atoms with Crippen molar-refractivity contribution in [2.45, 2.75) is 0 Å². The van der Waals surface area contributed by atoms with Crippen LogP contribution in [0.3, 0.4) is 0 Å². The van der Waals surface area contributed by atoms with Gasteiger partial charge in [-0.3, -0.25) is 15.0 Å². The molecule has 3 rings (SSSR count). The second kappa shape index (κ2) is 4.86. The van der Waals surface area contributed by atoms with Crippen LogP contribution >= 0.6 is 11.6 Å². The predicted molar refractivity (Wildman–Crippen MR) is 73.8 cm³/mol. The number of nitrogens with one attached hydrogen (secondary N) is 1. The van der Waals surface area contributed by atoms with Crippen molar-refractivity contribution >= 4 is 35.2 Å². The molecule has 20 heavy (non-hydrogen) atoms. The van der Waals surface area contributed by atoms with Crippen LogP contribution in [0.4, 0.5) is 5.69 Å². The van der Waals surface area contributed by atoms with E-state index in [1.165, 1.54) is 12.3 Å². The molecule has 1 saturated heterocycles. The number of halogens is 1. The zero-order valence-corrected chi connectivity index (χ0v) is 10.9. The number of benzene rings is 1. The van der Waals surface area contributed by atoms with Crippen molar-refractivity contribution in [2.24, 2.45) is 0 Å². The summed E-state index contributed by atoms with van der Waals surface area (Å²) in [4.78, 5) is 24.1. The van der Waals surface area contributed by atoms with Crippen LogP contribution in [0.2, 0.25) is 5.02 Å². The molecule has 6 heteroatoms. The predicted octanol–water partition coefficient (Wildman–Crippen LogP) is 2.39. The molecular formula is C14H9ClN2O3. The van der Waals surface area contributed by atoms with Crippen LogP contribution in [-0.2, 0) is 9.59 Å². The van der Waals surface area contributed by atoms with Gasteiger partial charge in [0.1, 0.15) is 11.3 Å². The van der Waals surface area contributed by atoms with Gasteiger partial charge in [0.2, 0.25) is 0 Å². The van der Waals surface area contributed by atoms with Crippen LogP contribution in [0.5, 0.6) is 0 Å². The van der Waals surface area contributed by atoms with Gasteiger partial charge in [0.15, 0.2) is 0 Å². The van der Waals surface area contributed by atoms with E-state index in [9.17, 15) is 9.59 Å². The van der Waals surface area contributed by atoms with Crippen LogP contribution in [0, 0.1) is 0 Å². The van der Waals surface area contributed by atoms with Crippen molar-refractivity contribution in [3.8, 4) is 0 Å². The molecule has 1 aromatic carbocycles. The fourth-order valence-electron chi connectivity index (χ4n) is 1.87. The van der Waals surface area contributed by atoms with E-state index in [1.54, 1.807) is 36.4 Å². The fraction of sp³-hybridized carbons (Fsp3) is 0. The standard InChI is InChI=1S/C14H9ClN2O3/c15-9-3-1-4-10(7-9)17-14(19)12(13(18)16-17)8-11-5-2-6-20-11/h1-8H,(H,16,18). The Bertz CT molecular complexity index is 707. The van der Waals surface area contributed by atoms with Gasteiger partial charge in [-0.05, 0) is 36.4 Å². The van der Waals surface area contributed by atoms with E-state index < -0.39 is 11.8 Å². The third-order valence-electron chi connectivity index (χ3n) is 2.79. The molecule has 0 aliphatic carbocycles. The molecule has 2 heterocycles. The summed E-state index contributed by atoms with van der Waals surface area (Å²) >= 11 is 5.88. The number of hydrazine groups is 1. The third-order valence-corrected chi connectivity index (χ3v) is 3.02. The summed E-state index contributed by atoms with van der Waals surface area (Å²) in [5.41, 5.74) is 3.00. The Morgan fingerprint density at radius 1 is 1.20 bits per heavy atom. The number of hydrogen-bond donors (Lipinski definition) is 1. The van der Waals surface area contributed by atoms with Gasteiger partial charge in [-0.2, -0.15) is 0 Å². The second-order valence-corrected chi connectivity index (χ2v) is 4.57. The maximum absolute atomic E-state index is 12.2. The van der Waals surface area contributed by atoms with Gasteiger partial charge in [0.25, 0.3) is 11.8 Å². The fourth-order valence-corrected chi connectivity index (χ4v) is 2.05. The Morgan fingerprint density at radius 2 is 2.05 bits per heavy atom. The maximum Gasteiger partial charge on any atom is 0.282 e. The monoisotopic (exact) mass is 288 g/mol. The lowest BCUT2D eigenvalue weighted by molar-refractivity contribution is -0.117. The number of carbonyl (C=O) groups is 2. The third kappa shape index (κ3) is 2.19. The van der Waals surface area contributed by atoms with E-state index in [4.69, 9.17) is 16.0 Å². The van der Waals surface area contributed by atoms with E-state index >= 15 is 0 Å². The minimum Gasteiger partial charge on any atom is -0.465 e. The average molecular weight is 289 g/mol. The number of hydrogen-bond acceptors (Lipinski definition) is 3. The summed E-state index contributed by atoms with van der Waals surface area (Å²) in [6.45, 7) is 0. The SMILES string of the molecule is O=C1NN(c2cccc(Cl)c2)C(=O)C1=Cc1ccco1. The molecule has 1 fully saturated rings. The maximum atomic E-state index is 12.2. The molecule has 2 aromatic rings. The van der Waals surface area contributed by atoms with E-state index in [-0.39, 0.29) is 5.57 Å². The minimum absolute atomic E-state index is 0.0138. The van der Waals surface area contributed by atoms with Gasteiger partial charge in [-0.25, -0.2) is 5.01 Å². The largest absolute Gasteiger partial charge is 0.465 e. The number of furan rings is 1. The molecule has 0 bridgehead atoms. The number of amides is 2. The van der Waals surface area contributed by atoms with Crippen LogP contribution in [0.1, 0.15) is 5.76 Å². The lowest BCUT2D eigenvalue weighted by Crippen LogP contribution is -2.35. The van der Waals surface area contributed by atoms with Crippen LogP contribution in [0.25, 0.3) is 6.08 Å². The molecule has 1 aromatic heterocycles. The molecular weight excluding hydrogens is 280 g/mol. The molecule has 0 atom stereocenters. The van der Waals surface area contributed by atoms with E-state index in [2.05, 4.69) is 5.43 Å². The first-order chi connectivity index (χ1) is 9.65. The summed E-state index contributed by atoms with van der Waals surface area (Å²) in [5, 5.41) is 1.64. The molecule has 2 amide bonds. The van der Waals surface area contributed by atoms with Crippen molar-refractivity contribution in [3.05, 3.63) is 59.0 Å². The first-order valence-corrected chi connectivity index (χ1v) is 6.19. The zero-order valence-electron chi connectivity index (χ0n) is 10.2. The number of nitrogens with zero attached hydrogens (tertiary/aromatic N) is 1. The highest BCUT2D eigenvalue weighted by atomic mass is 35.5. The van der Waals surface area contributed by atoms with E-state index in [1.807, 2.05) is 0 Å². The zero-order chi connectivity index (χ0) is 14.1. The molecule has 100 valence electrons. The topological polar surface area (TPSA) is 62.6 Å². The molecule has 0 saturated carbocycles. The minimum atomic E-state index is -0.480. The van der Waals surface area contributed by atoms with Crippen molar-refractivity contribution in [1.82, 2.24) is 5.43 Å². The smallest absolute Gasteiger partial charge is 0.282 e. The number of anilines is 1. The van der Waals surface area contributed by atoms with Gasteiger partial charge < -0.3 is 4.42 Å². The molecule has 0 radical (unpaired) electrons. The molecule has 0 unspecified atom stereocenters. The lowest BCUT2D eigenvalue weighted by atomic mass is 10.2. The molecule has 1 aliphatic rings. The summed E-state index contributed by atoms with van der Waals surface area (Å²) in [7, 11) is 0. The molecule has 1 aliphatic heterocycles.